The minimum Gasteiger partial charge on any atom is -0.469 e. The fraction of sp³-hybridized carbons (Fsp3) is 0.692. The molecule has 1 unspecified atom stereocenters. The lowest BCUT2D eigenvalue weighted by atomic mass is 9.94. The normalized spacial score (nSPS) is 19.5. The van der Waals surface area contributed by atoms with Crippen molar-refractivity contribution < 1.29 is 4.42 Å². The largest absolute Gasteiger partial charge is 0.469 e. The van der Waals surface area contributed by atoms with Crippen molar-refractivity contribution in [2.45, 2.75) is 44.6 Å². The van der Waals surface area contributed by atoms with E-state index in [1.807, 2.05) is 6.07 Å². The lowest BCUT2D eigenvalue weighted by molar-refractivity contribution is 0.350. The van der Waals surface area contributed by atoms with Crippen LogP contribution in [-0.2, 0) is 6.42 Å². The van der Waals surface area contributed by atoms with Gasteiger partial charge in [0.15, 0.2) is 0 Å². The van der Waals surface area contributed by atoms with Crippen molar-refractivity contribution in [1.82, 2.24) is 5.32 Å². The second-order valence-corrected chi connectivity index (χ2v) is 4.56. The highest BCUT2D eigenvalue weighted by molar-refractivity contribution is 4.99. The molecule has 1 aromatic rings. The molecular weight excluding hydrogens is 186 g/mol. The molecule has 15 heavy (non-hydrogen) atoms. The van der Waals surface area contributed by atoms with Gasteiger partial charge >= 0.3 is 0 Å². The fourth-order valence-electron chi connectivity index (χ4n) is 2.73. The Labute approximate surface area is 92.1 Å². The van der Waals surface area contributed by atoms with Crippen molar-refractivity contribution in [3.05, 3.63) is 24.2 Å². The van der Waals surface area contributed by atoms with Gasteiger partial charge in [-0.3, -0.25) is 0 Å². The lowest BCUT2D eigenvalue weighted by Gasteiger charge is -2.22. The van der Waals surface area contributed by atoms with Crippen molar-refractivity contribution >= 4 is 0 Å². The average molecular weight is 207 g/mol. The lowest BCUT2D eigenvalue weighted by Crippen LogP contribution is -2.32. The highest BCUT2D eigenvalue weighted by Gasteiger charge is 2.23. The molecular formula is C13H21NO. The minimum atomic E-state index is 0.678. The number of nitrogens with one attached hydrogen (secondary N) is 1. The summed E-state index contributed by atoms with van der Waals surface area (Å²) < 4.78 is 5.36. The molecule has 0 amide bonds. The predicted octanol–water partition coefficient (Wildman–Crippen LogP) is 2.99. The van der Waals surface area contributed by atoms with Gasteiger partial charge < -0.3 is 9.73 Å². The first-order chi connectivity index (χ1) is 7.40. The van der Waals surface area contributed by atoms with Gasteiger partial charge in [0.05, 0.1) is 6.26 Å². The summed E-state index contributed by atoms with van der Waals surface area (Å²) in [4.78, 5) is 0. The molecule has 1 heterocycles. The zero-order valence-electron chi connectivity index (χ0n) is 9.54. The summed E-state index contributed by atoms with van der Waals surface area (Å²) in [6.45, 7) is 0. The highest BCUT2D eigenvalue weighted by atomic mass is 16.3. The Bertz CT molecular complexity index is 262. The van der Waals surface area contributed by atoms with E-state index in [1.165, 1.54) is 32.1 Å². The molecule has 2 heteroatoms. The Morgan fingerprint density at radius 1 is 1.47 bits per heavy atom. The smallest absolute Gasteiger partial charge is 0.103 e. The van der Waals surface area contributed by atoms with Crippen LogP contribution in [0.1, 0.15) is 37.9 Å². The molecule has 1 aliphatic rings. The third-order valence-corrected chi connectivity index (χ3v) is 3.62. The zero-order valence-corrected chi connectivity index (χ0v) is 9.54. The molecule has 1 fully saturated rings. The number of aryl methyl sites for hydroxylation is 1. The van der Waals surface area contributed by atoms with E-state index >= 15 is 0 Å². The summed E-state index contributed by atoms with van der Waals surface area (Å²) in [5, 5.41) is 3.46. The van der Waals surface area contributed by atoms with Gasteiger partial charge in [-0.2, -0.15) is 0 Å². The minimum absolute atomic E-state index is 0.678. The van der Waals surface area contributed by atoms with Crippen LogP contribution >= 0.6 is 0 Å². The summed E-state index contributed by atoms with van der Waals surface area (Å²) in [6, 6.07) is 4.72. The maximum atomic E-state index is 5.36. The SMILES string of the molecule is CNC(CCc1ccco1)C1CCCC1. The van der Waals surface area contributed by atoms with E-state index in [9.17, 15) is 0 Å². The second kappa shape index (κ2) is 5.36. The molecule has 2 rings (SSSR count). The predicted molar refractivity (Wildman–Crippen MR) is 61.8 cm³/mol. The Morgan fingerprint density at radius 2 is 2.27 bits per heavy atom. The Balaban J connectivity index is 1.80. The molecule has 0 radical (unpaired) electrons. The van der Waals surface area contributed by atoms with Crippen molar-refractivity contribution in [2.75, 3.05) is 7.05 Å². The van der Waals surface area contributed by atoms with Gasteiger partial charge in [0, 0.05) is 12.5 Å². The Kier molecular flexibility index (Phi) is 3.84. The summed E-state index contributed by atoms with van der Waals surface area (Å²) in [5.41, 5.74) is 0. The van der Waals surface area contributed by atoms with Gasteiger partial charge in [-0.05, 0) is 44.4 Å². The molecule has 0 saturated heterocycles. The average Bonchev–Trinajstić information content (AvgIpc) is 2.90. The van der Waals surface area contributed by atoms with Gasteiger partial charge in [0.25, 0.3) is 0 Å². The standard InChI is InChI=1S/C13H21NO/c1-14-13(11-5-2-3-6-11)9-8-12-7-4-10-15-12/h4,7,10-11,13-14H,2-3,5-6,8-9H2,1H3. The third kappa shape index (κ3) is 2.85. The Hall–Kier alpha value is -0.760. The van der Waals surface area contributed by atoms with E-state index in [-0.39, 0.29) is 0 Å². The first kappa shape index (κ1) is 10.7. The monoisotopic (exact) mass is 207 g/mol. The van der Waals surface area contributed by atoms with E-state index in [0.29, 0.717) is 6.04 Å². The molecule has 1 aromatic heterocycles. The van der Waals surface area contributed by atoms with Crippen LogP contribution in [0, 0.1) is 5.92 Å². The van der Waals surface area contributed by atoms with Crippen molar-refractivity contribution in [2.24, 2.45) is 5.92 Å². The van der Waals surface area contributed by atoms with E-state index in [0.717, 1.165) is 18.1 Å². The molecule has 2 nitrogen and oxygen atoms in total. The molecule has 84 valence electrons. The van der Waals surface area contributed by atoms with Gasteiger partial charge in [0.1, 0.15) is 5.76 Å². The van der Waals surface area contributed by atoms with Crippen molar-refractivity contribution in [3.63, 3.8) is 0 Å². The number of rotatable bonds is 5. The quantitative estimate of drug-likeness (QED) is 0.803. The third-order valence-electron chi connectivity index (χ3n) is 3.62. The van der Waals surface area contributed by atoms with Crippen LogP contribution in [0.25, 0.3) is 0 Å². The molecule has 0 aliphatic heterocycles. The van der Waals surface area contributed by atoms with Crippen LogP contribution in [0.3, 0.4) is 0 Å². The van der Waals surface area contributed by atoms with E-state index in [2.05, 4.69) is 18.4 Å². The van der Waals surface area contributed by atoms with Crippen LogP contribution in [0.2, 0.25) is 0 Å². The molecule has 1 aliphatic carbocycles. The molecule has 0 bridgehead atoms. The summed E-state index contributed by atoms with van der Waals surface area (Å²) in [5.74, 6) is 2.01. The molecule has 1 atom stereocenters. The first-order valence-corrected chi connectivity index (χ1v) is 6.10. The first-order valence-electron chi connectivity index (χ1n) is 6.10. The van der Waals surface area contributed by atoms with Gasteiger partial charge in [0.2, 0.25) is 0 Å². The van der Waals surface area contributed by atoms with Crippen LogP contribution < -0.4 is 5.32 Å². The number of hydrogen-bond donors (Lipinski definition) is 1. The summed E-state index contributed by atoms with van der Waals surface area (Å²) >= 11 is 0. The van der Waals surface area contributed by atoms with Gasteiger partial charge in [-0.15, -0.1) is 0 Å². The van der Waals surface area contributed by atoms with Crippen molar-refractivity contribution in [3.8, 4) is 0 Å². The second-order valence-electron chi connectivity index (χ2n) is 4.56. The maximum Gasteiger partial charge on any atom is 0.103 e. The molecule has 0 aromatic carbocycles. The fourth-order valence-corrected chi connectivity index (χ4v) is 2.73. The zero-order chi connectivity index (χ0) is 10.5. The summed E-state index contributed by atoms with van der Waals surface area (Å²) in [7, 11) is 2.09. The molecule has 1 N–H and O–H groups in total. The van der Waals surface area contributed by atoms with Crippen LogP contribution in [0.4, 0.5) is 0 Å². The van der Waals surface area contributed by atoms with Crippen LogP contribution in [-0.4, -0.2) is 13.1 Å². The van der Waals surface area contributed by atoms with Crippen LogP contribution in [0.5, 0.6) is 0 Å². The highest BCUT2D eigenvalue weighted by Crippen LogP contribution is 2.29. The van der Waals surface area contributed by atoms with E-state index in [4.69, 9.17) is 4.42 Å². The van der Waals surface area contributed by atoms with Crippen LogP contribution in [0.15, 0.2) is 22.8 Å². The molecule has 0 spiro atoms. The van der Waals surface area contributed by atoms with E-state index in [1.54, 1.807) is 6.26 Å². The van der Waals surface area contributed by atoms with Gasteiger partial charge in [-0.1, -0.05) is 12.8 Å². The maximum absolute atomic E-state index is 5.36. The molecule has 1 saturated carbocycles. The number of furan rings is 1. The summed E-state index contributed by atoms with van der Waals surface area (Å²) in [6.07, 6.45) is 9.68. The number of hydrogen-bond acceptors (Lipinski definition) is 2. The van der Waals surface area contributed by atoms with E-state index < -0.39 is 0 Å². The van der Waals surface area contributed by atoms with Gasteiger partial charge in [-0.25, -0.2) is 0 Å². The topological polar surface area (TPSA) is 25.2 Å². The Morgan fingerprint density at radius 3 is 2.87 bits per heavy atom. The van der Waals surface area contributed by atoms with Crippen molar-refractivity contribution in [1.29, 1.82) is 0 Å².